The molecule has 2 aromatic rings. The third-order valence-electron chi connectivity index (χ3n) is 3.97. The zero-order valence-corrected chi connectivity index (χ0v) is 17.1. The number of urea groups is 1. The fourth-order valence-electron chi connectivity index (χ4n) is 2.47. The Morgan fingerprint density at radius 2 is 1.93 bits per heavy atom. The lowest BCUT2D eigenvalue weighted by Gasteiger charge is -2.19. The molecule has 156 valence electrons. The van der Waals surface area contributed by atoms with E-state index in [-0.39, 0.29) is 13.0 Å². The van der Waals surface area contributed by atoms with E-state index >= 15 is 0 Å². The number of carbonyl (C=O) groups excluding carboxylic acids is 2. The maximum atomic E-state index is 12.3. The van der Waals surface area contributed by atoms with Gasteiger partial charge in [0.1, 0.15) is 6.61 Å². The summed E-state index contributed by atoms with van der Waals surface area (Å²) < 4.78 is 15.0. The van der Waals surface area contributed by atoms with E-state index in [1.54, 1.807) is 49.7 Å². The zero-order valence-electron chi connectivity index (χ0n) is 16.3. The van der Waals surface area contributed by atoms with Crippen LogP contribution in [-0.4, -0.2) is 44.4 Å². The minimum absolute atomic E-state index is 0.0390. The number of carbonyl (C=O) groups is 2. The SMILES string of the molecule is COCCOc1ccc(CNC(=O)NC(CC(=O)OC)c2ccccc2Cl)cn1. The summed E-state index contributed by atoms with van der Waals surface area (Å²) >= 11 is 6.21. The van der Waals surface area contributed by atoms with Gasteiger partial charge in [0.15, 0.2) is 0 Å². The standard InChI is InChI=1S/C20H24ClN3O5/c1-27-9-10-29-18-8-7-14(12-22-18)13-23-20(26)24-17(11-19(25)28-2)15-5-3-4-6-16(15)21/h3-8,12,17H,9-11,13H2,1-2H3,(H2,23,24,26). The Morgan fingerprint density at radius 1 is 1.14 bits per heavy atom. The number of hydrogen-bond donors (Lipinski definition) is 2. The van der Waals surface area contributed by atoms with Gasteiger partial charge in [0.2, 0.25) is 5.88 Å². The van der Waals surface area contributed by atoms with Gasteiger partial charge in [0, 0.05) is 30.9 Å². The molecule has 1 atom stereocenters. The molecule has 0 aliphatic rings. The van der Waals surface area contributed by atoms with Crippen molar-refractivity contribution in [2.45, 2.75) is 19.0 Å². The Bertz CT molecular complexity index is 801. The molecule has 1 unspecified atom stereocenters. The number of aromatic nitrogens is 1. The highest BCUT2D eigenvalue weighted by Crippen LogP contribution is 2.25. The summed E-state index contributed by atoms with van der Waals surface area (Å²) in [5.74, 6) is 0.0237. The first-order chi connectivity index (χ1) is 14.0. The fraction of sp³-hybridized carbons (Fsp3) is 0.350. The van der Waals surface area contributed by atoms with Crippen molar-refractivity contribution in [2.24, 2.45) is 0 Å². The summed E-state index contributed by atoms with van der Waals surface area (Å²) in [7, 11) is 2.89. The lowest BCUT2D eigenvalue weighted by atomic mass is 10.0. The van der Waals surface area contributed by atoms with Gasteiger partial charge in [-0.05, 0) is 17.2 Å². The molecule has 29 heavy (non-hydrogen) atoms. The molecule has 0 bridgehead atoms. The van der Waals surface area contributed by atoms with E-state index < -0.39 is 18.0 Å². The van der Waals surface area contributed by atoms with Crippen molar-refractivity contribution >= 4 is 23.6 Å². The van der Waals surface area contributed by atoms with Gasteiger partial charge in [-0.1, -0.05) is 35.9 Å². The second kappa shape index (κ2) is 11.9. The normalized spacial score (nSPS) is 11.4. The molecule has 2 amide bonds. The number of pyridine rings is 1. The number of nitrogens with zero attached hydrogens (tertiary/aromatic N) is 1. The molecule has 0 spiro atoms. The number of halogens is 1. The van der Waals surface area contributed by atoms with E-state index in [9.17, 15) is 9.59 Å². The Labute approximate surface area is 174 Å². The van der Waals surface area contributed by atoms with Gasteiger partial charge in [-0.2, -0.15) is 0 Å². The molecular weight excluding hydrogens is 398 g/mol. The minimum Gasteiger partial charge on any atom is -0.475 e. The second-order valence-electron chi connectivity index (χ2n) is 6.03. The van der Waals surface area contributed by atoms with E-state index in [0.29, 0.717) is 29.7 Å². The van der Waals surface area contributed by atoms with Gasteiger partial charge in [-0.25, -0.2) is 9.78 Å². The number of esters is 1. The van der Waals surface area contributed by atoms with Crippen molar-refractivity contribution in [3.8, 4) is 5.88 Å². The number of ether oxygens (including phenoxy) is 3. The molecule has 1 aromatic heterocycles. The van der Waals surface area contributed by atoms with Gasteiger partial charge < -0.3 is 24.8 Å². The molecule has 9 heteroatoms. The lowest BCUT2D eigenvalue weighted by Crippen LogP contribution is -2.38. The van der Waals surface area contributed by atoms with Gasteiger partial charge in [0.05, 0.1) is 26.2 Å². The van der Waals surface area contributed by atoms with Gasteiger partial charge in [-0.15, -0.1) is 0 Å². The summed E-state index contributed by atoms with van der Waals surface area (Å²) in [5.41, 5.74) is 1.43. The number of nitrogens with one attached hydrogen (secondary N) is 2. The van der Waals surface area contributed by atoms with Crippen molar-refractivity contribution in [3.63, 3.8) is 0 Å². The molecule has 0 saturated heterocycles. The first-order valence-corrected chi connectivity index (χ1v) is 9.33. The Morgan fingerprint density at radius 3 is 2.59 bits per heavy atom. The van der Waals surface area contributed by atoms with E-state index in [4.69, 9.17) is 25.8 Å². The van der Waals surface area contributed by atoms with Crippen LogP contribution in [-0.2, 0) is 20.8 Å². The summed E-state index contributed by atoms with van der Waals surface area (Å²) in [4.78, 5) is 28.2. The van der Waals surface area contributed by atoms with Crippen LogP contribution in [0.1, 0.15) is 23.6 Å². The molecule has 1 heterocycles. The van der Waals surface area contributed by atoms with Gasteiger partial charge >= 0.3 is 12.0 Å². The Balaban J connectivity index is 1.92. The summed E-state index contributed by atoms with van der Waals surface area (Å²) in [6.45, 7) is 1.14. The van der Waals surface area contributed by atoms with Crippen molar-refractivity contribution < 1.29 is 23.8 Å². The lowest BCUT2D eigenvalue weighted by molar-refractivity contribution is -0.141. The fourth-order valence-corrected chi connectivity index (χ4v) is 2.74. The summed E-state index contributed by atoms with van der Waals surface area (Å²) in [5, 5.41) is 5.95. The van der Waals surface area contributed by atoms with Crippen LogP contribution in [0.25, 0.3) is 0 Å². The molecular formula is C20H24ClN3O5. The molecule has 0 fully saturated rings. The van der Waals surface area contributed by atoms with Crippen LogP contribution in [0.15, 0.2) is 42.6 Å². The monoisotopic (exact) mass is 421 g/mol. The molecule has 8 nitrogen and oxygen atoms in total. The molecule has 2 rings (SSSR count). The van der Waals surface area contributed by atoms with Crippen molar-refractivity contribution in [2.75, 3.05) is 27.4 Å². The van der Waals surface area contributed by atoms with E-state index in [0.717, 1.165) is 5.56 Å². The number of methoxy groups -OCH3 is 2. The second-order valence-corrected chi connectivity index (χ2v) is 6.43. The largest absolute Gasteiger partial charge is 0.475 e. The van der Waals surface area contributed by atoms with Crippen molar-refractivity contribution in [1.82, 2.24) is 15.6 Å². The molecule has 0 aliphatic carbocycles. The molecule has 2 N–H and O–H groups in total. The van der Waals surface area contributed by atoms with Crippen LogP contribution in [0.5, 0.6) is 5.88 Å². The highest BCUT2D eigenvalue weighted by molar-refractivity contribution is 6.31. The van der Waals surface area contributed by atoms with E-state index in [1.807, 2.05) is 0 Å². The Hall–Kier alpha value is -2.84. The molecule has 0 aliphatic heterocycles. The van der Waals surface area contributed by atoms with Crippen LogP contribution in [0, 0.1) is 0 Å². The number of benzene rings is 1. The predicted octanol–water partition coefficient (Wildman–Crippen LogP) is 2.86. The van der Waals surface area contributed by atoms with Crippen molar-refractivity contribution in [1.29, 1.82) is 0 Å². The highest BCUT2D eigenvalue weighted by atomic mass is 35.5. The van der Waals surface area contributed by atoms with Crippen LogP contribution in [0.3, 0.4) is 0 Å². The highest BCUT2D eigenvalue weighted by Gasteiger charge is 2.21. The first-order valence-electron chi connectivity index (χ1n) is 8.95. The van der Waals surface area contributed by atoms with Gasteiger partial charge in [-0.3, -0.25) is 4.79 Å². The molecule has 0 radical (unpaired) electrons. The average molecular weight is 422 g/mol. The van der Waals surface area contributed by atoms with Crippen LogP contribution in [0.4, 0.5) is 4.79 Å². The van der Waals surface area contributed by atoms with Crippen LogP contribution >= 0.6 is 11.6 Å². The summed E-state index contributed by atoms with van der Waals surface area (Å²) in [6, 6.07) is 9.46. The predicted molar refractivity (Wildman–Crippen MR) is 108 cm³/mol. The van der Waals surface area contributed by atoms with Gasteiger partial charge in [0.25, 0.3) is 0 Å². The smallest absolute Gasteiger partial charge is 0.315 e. The first kappa shape index (κ1) is 22.4. The summed E-state index contributed by atoms with van der Waals surface area (Å²) in [6.07, 6.45) is 1.57. The number of rotatable bonds is 10. The maximum absolute atomic E-state index is 12.3. The zero-order chi connectivity index (χ0) is 21.1. The molecule has 1 aromatic carbocycles. The Kier molecular flexibility index (Phi) is 9.20. The van der Waals surface area contributed by atoms with Crippen LogP contribution in [0.2, 0.25) is 5.02 Å². The van der Waals surface area contributed by atoms with Crippen LogP contribution < -0.4 is 15.4 Å². The van der Waals surface area contributed by atoms with Crippen molar-refractivity contribution in [3.05, 3.63) is 58.7 Å². The third kappa shape index (κ3) is 7.59. The maximum Gasteiger partial charge on any atom is 0.315 e. The van der Waals surface area contributed by atoms with E-state index in [1.165, 1.54) is 7.11 Å². The molecule has 0 saturated carbocycles. The quantitative estimate of drug-likeness (QED) is 0.452. The number of amides is 2. The minimum atomic E-state index is -0.620. The number of hydrogen-bond acceptors (Lipinski definition) is 6. The van der Waals surface area contributed by atoms with E-state index in [2.05, 4.69) is 15.6 Å². The average Bonchev–Trinajstić information content (AvgIpc) is 2.73. The topological polar surface area (TPSA) is 98.8 Å². The third-order valence-corrected chi connectivity index (χ3v) is 4.32.